The van der Waals surface area contributed by atoms with Crippen molar-refractivity contribution in [1.82, 2.24) is 25.9 Å². The number of carbonyl (C=O) groups excluding carboxylic acids is 4. The molecule has 0 aliphatic carbocycles. The van der Waals surface area contributed by atoms with Crippen molar-refractivity contribution >= 4 is 23.6 Å². The summed E-state index contributed by atoms with van der Waals surface area (Å²) in [6.45, 7) is 4.06. The van der Waals surface area contributed by atoms with Crippen molar-refractivity contribution in [3.63, 3.8) is 0 Å². The number of H-pyrrole nitrogens is 1. The van der Waals surface area contributed by atoms with Gasteiger partial charge in [-0.1, -0.05) is 0 Å². The number of carbonyl (C=O) groups is 4. The highest BCUT2D eigenvalue weighted by Gasteiger charge is 2.29. The Labute approximate surface area is 156 Å². The predicted molar refractivity (Wildman–Crippen MR) is 94.9 cm³/mol. The third kappa shape index (κ3) is 7.44. The molecule has 0 saturated heterocycles. The zero-order chi connectivity index (χ0) is 20.6. The lowest BCUT2D eigenvalue weighted by Gasteiger charge is -2.24. The monoisotopic (exact) mass is 382 g/mol. The van der Waals surface area contributed by atoms with E-state index in [1.54, 1.807) is 6.20 Å². The number of aromatic nitrogens is 2. The van der Waals surface area contributed by atoms with Crippen molar-refractivity contribution in [1.29, 1.82) is 0 Å². The molecule has 0 radical (unpaired) electrons. The molecule has 0 bridgehead atoms. The van der Waals surface area contributed by atoms with Crippen LogP contribution in [0.1, 0.15) is 32.9 Å². The van der Waals surface area contributed by atoms with Crippen LogP contribution in [0.5, 0.6) is 0 Å². The Morgan fingerprint density at radius 1 is 1.19 bits per heavy atom. The molecule has 0 aromatic carbocycles. The summed E-state index contributed by atoms with van der Waals surface area (Å²) in [6.07, 6.45) is 2.45. The van der Waals surface area contributed by atoms with E-state index in [2.05, 4.69) is 25.9 Å². The van der Waals surface area contributed by atoms with Crippen molar-refractivity contribution in [3.8, 4) is 0 Å². The number of primary amides is 1. The van der Waals surface area contributed by atoms with Crippen LogP contribution >= 0.6 is 0 Å². The molecule has 11 heteroatoms. The lowest BCUT2D eigenvalue weighted by Crippen LogP contribution is -2.58. The van der Waals surface area contributed by atoms with Gasteiger partial charge in [0.15, 0.2) is 0 Å². The molecule has 4 atom stereocenters. The van der Waals surface area contributed by atoms with Gasteiger partial charge >= 0.3 is 0 Å². The van der Waals surface area contributed by atoms with Gasteiger partial charge in [-0.15, -0.1) is 0 Å². The Bertz CT molecular complexity index is 660. The summed E-state index contributed by atoms with van der Waals surface area (Å²) in [4.78, 5) is 54.0. The molecule has 1 aromatic rings. The van der Waals surface area contributed by atoms with Gasteiger partial charge in [-0.05, 0) is 26.7 Å². The van der Waals surface area contributed by atoms with Crippen LogP contribution < -0.4 is 21.7 Å². The Hall–Kier alpha value is -2.95. The highest BCUT2D eigenvalue weighted by atomic mass is 16.3. The Balaban J connectivity index is 2.85. The van der Waals surface area contributed by atoms with Gasteiger partial charge in [-0.2, -0.15) is 0 Å². The lowest BCUT2D eigenvalue weighted by molar-refractivity contribution is -0.134. The number of hydrogen-bond acceptors (Lipinski definition) is 6. The zero-order valence-electron chi connectivity index (χ0n) is 15.5. The Kier molecular flexibility index (Phi) is 8.39. The smallest absolute Gasteiger partial charge is 0.243 e. The summed E-state index contributed by atoms with van der Waals surface area (Å²) in [5.74, 6) is -2.53. The molecule has 11 nitrogen and oxygen atoms in total. The number of amides is 4. The van der Waals surface area contributed by atoms with Crippen LogP contribution in [-0.4, -0.2) is 62.9 Å². The predicted octanol–water partition coefficient (Wildman–Crippen LogP) is -2.30. The van der Waals surface area contributed by atoms with Gasteiger partial charge < -0.3 is 31.8 Å². The first kappa shape index (κ1) is 22.1. The molecule has 7 N–H and O–H groups in total. The molecule has 0 saturated carbocycles. The van der Waals surface area contributed by atoms with Gasteiger partial charge in [0.1, 0.15) is 18.1 Å². The van der Waals surface area contributed by atoms with E-state index < -0.39 is 42.0 Å². The van der Waals surface area contributed by atoms with Crippen molar-refractivity contribution in [2.45, 2.75) is 57.8 Å². The Morgan fingerprint density at radius 2 is 1.85 bits per heavy atom. The highest BCUT2D eigenvalue weighted by molar-refractivity contribution is 5.93. The number of imidazole rings is 1. The van der Waals surface area contributed by atoms with Crippen molar-refractivity contribution in [2.75, 3.05) is 0 Å². The molecule has 1 heterocycles. The molecule has 0 spiro atoms. The first-order chi connectivity index (χ1) is 12.6. The topological polar surface area (TPSA) is 179 Å². The fourth-order valence-corrected chi connectivity index (χ4v) is 2.34. The largest absolute Gasteiger partial charge is 0.391 e. The van der Waals surface area contributed by atoms with E-state index in [-0.39, 0.29) is 12.3 Å². The molecule has 27 heavy (non-hydrogen) atoms. The van der Waals surface area contributed by atoms with Crippen molar-refractivity contribution in [2.24, 2.45) is 5.73 Å². The molecular weight excluding hydrogens is 356 g/mol. The molecule has 150 valence electrons. The first-order valence-electron chi connectivity index (χ1n) is 8.44. The van der Waals surface area contributed by atoms with Crippen molar-refractivity contribution < 1.29 is 24.3 Å². The standard InChI is InChI=1S/C16H26N6O5/c1-8(20-10(3)24)15(26)21-12(5-4-11-6-18-7-19-11)16(27)22-13(9(2)23)14(17)25/h6-9,12-13,23H,4-5H2,1-3H3,(H2,17,25)(H,18,19)(H,20,24)(H,21,26)(H,22,27)/t8-,9-,12-,13-/m0/s1. The normalized spacial score (nSPS) is 15.1. The van der Waals surface area contributed by atoms with E-state index in [0.29, 0.717) is 6.42 Å². The maximum Gasteiger partial charge on any atom is 0.243 e. The molecule has 0 unspecified atom stereocenters. The van der Waals surface area contributed by atoms with Crippen LogP contribution in [0.2, 0.25) is 0 Å². The summed E-state index contributed by atoms with van der Waals surface area (Å²) in [5, 5.41) is 16.9. The van der Waals surface area contributed by atoms with Crippen LogP contribution in [0.3, 0.4) is 0 Å². The minimum atomic E-state index is -1.29. The summed E-state index contributed by atoms with van der Waals surface area (Å²) < 4.78 is 0. The number of aromatic amines is 1. The number of aliphatic hydroxyl groups excluding tert-OH is 1. The fraction of sp³-hybridized carbons (Fsp3) is 0.562. The number of rotatable bonds is 10. The van der Waals surface area contributed by atoms with E-state index >= 15 is 0 Å². The van der Waals surface area contributed by atoms with Crippen LogP contribution in [0.4, 0.5) is 0 Å². The fourth-order valence-electron chi connectivity index (χ4n) is 2.34. The summed E-state index contributed by atoms with van der Waals surface area (Å²) in [5.41, 5.74) is 5.93. The van der Waals surface area contributed by atoms with Crippen molar-refractivity contribution in [3.05, 3.63) is 18.2 Å². The second-order valence-corrected chi connectivity index (χ2v) is 6.23. The summed E-state index contributed by atoms with van der Waals surface area (Å²) >= 11 is 0. The first-order valence-corrected chi connectivity index (χ1v) is 8.44. The van der Waals surface area contributed by atoms with Crippen LogP contribution in [0, 0.1) is 0 Å². The van der Waals surface area contributed by atoms with Gasteiger partial charge in [-0.25, -0.2) is 4.98 Å². The summed E-state index contributed by atoms with van der Waals surface area (Å²) in [6, 6.07) is -3.16. The number of nitrogens with two attached hydrogens (primary N) is 1. The second kappa shape index (κ2) is 10.3. The third-order valence-corrected chi connectivity index (χ3v) is 3.79. The molecule has 4 amide bonds. The summed E-state index contributed by atoms with van der Waals surface area (Å²) in [7, 11) is 0. The lowest BCUT2D eigenvalue weighted by atomic mass is 10.1. The molecule has 0 aliphatic rings. The minimum absolute atomic E-state index is 0.192. The van der Waals surface area contributed by atoms with Crippen LogP contribution in [-0.2, 0) is 25.6 Å². The Morgan fingerprint density at radius 3 is 2.33 bits per heavy atom. The minimum Gasteiger partial charge on any atom is -0.391 e. The molecule has 1 aromatic heterocycles. The van der Waals surface area contributed by atoms with Gasteiger partial charge in [0.05, 0.1) is 12.4 Å². The van der Waals surface area contributed by atoms with Gasteiger partial charge in [0.2, 0.25) is 23.6 Å². The van der Waals surface area contributed by atoms with E-state index in [0.717, 1.165) is 5.69 Å². The number of nitrogens with one attached hydrogen (secondary N) is 4. The van der Waals surface area contributed by atoms with Gasteiger partial charge in [-0.3, -0.25) is 19.2 Å². The van der Waals surface area contributed by atoms with Gasteiger partial charge in [0, 0.05) is 18.8 Å². The second-order valence-electron chi connectivity index (χ2n) is 6.23. The molecule has 0 fully saturated rings. The van der Waals surface area contributed by atoms with E-state index in [9.17, 15) is 24.3 Å². The molecule has 0 aliphatic heterocycles. The van der Waals surface area contributed by atoms with E-state index in [1.807, 2.05) is 0 Å². The van der Waals surface area contributed by atoms with Gasteiger partial charge in [0.25, 0.3) is 0 Å². The quantitative estimate of drug-likeness (QED) is 0.265. The average Bonchev–Trinajstić information content (AvgIpc) is 3.08. The average molecular weight is 382 g/mol. The number of nitrogens with zero attached hydrogens (tertiary/aromatic N) is 1. The maximum atomic E-state index is 12.5. The third-order valence-electron chi connectivity index (χ3n) is 3.79. The molecular formula is C16H26N6O5. The van der Waals surface area contributed by atoms with E-state index in [4.69, 9.17) is 5.73 Å². The molecule has 1 rings (SSSR count). The van der Waals surface area contributed by atoms with Crippen LogP contribution in [0.25, 0.3) is 0 Å². The highest BCUT2D eigenvalue weighted by Crippen LogP contribution is 2.04. The SMILES string of the molecule is CC(=O)N[C@@H](C)C(=O)N[C@@H](CCc1cnc[nH]1)C(=O)N[C@H](C(N)=O)[C@H](C)O. The van der Waals surface area contributed by atoms with Crippen LogP contribution in [0.15, 0.2) is 12.5 Å². The zero-order valence-corrected chi connectivity index (χ0v) is 15.5. The van der Waals surface area contributed by atoms with E-state index in [1.165, 1.54) is 27.1 Å². The number of aliphatic hydroxyl groups is 1. The maximum absolute atomic E-state index is 12.5. The number of aryl methyl sites for hydroxylation is 1. The number of hydrogen-bond donors (Lipinski definition) is 6.